The fraction of sp³-hybridized carbons (Fsp3) is 0.542. The average molecular weight is 1030 g/mol. The van der Waals surface area contributed by atoms with Gasteiger partial charge in [0, 0.05) is 55.8 Å². The van der Waals surface area contributed by atoms with Crippen LogP contribution < -0.4 is 43.4 Å². The van der Waals surface area contributed by atoms with E-state index in [0.717, 1.165) is 10.5 Å². The minimum Gasteiger partial charge on any atom is -0.480 e. The maximum Gasteiger partial charge on any atom is 0.327 e. The van der Waals surface area contributed by atoms with Gasteiger partial charge in [-0.3, -0.25) is 42.8 Å². The van der Waals surface area contributed by atoms with Crippen LogP contribution in [0.1, 0.15) is 72.3 Å². The molecule has 1 heterocycles. The first-order valence-corrected chi connectivity index (χ1v) is 25.0. The molecule has 1 aliphatic heterocycles. The normalized spacial score (nSPS) is 25.5. The van der Waals surface area contributed by atoms with E-state index in [2.05, 4.69) is 43.5 Å². The number of rotatable bonds is 16. The van der Waals surface area contributed by atoms with Crippen LogP contribution >= 0.6 is 0 Å². The number of carboxylic acid groups (broad SMARTS) is 2. The van der Waals surface area contributed by atoms with Gasteiger partial charge in [-0.05, 0) is 51.5 Å². The van der Waals surface area contributed by atoms with Crippen LogP contribution in [0, 0.1) is 17.8 Å². The van der Waals surface area contributed by atoms with Gasteiger partial charge in [-0.25, -0.2) is 9.59 Å². The van der Waals surface area contributed by atoms with Crippen molar-refractivity contribution < 1.29 is 62.3 Å². The number of carbonyl (C=O) groups is 9. The van der Waals surface area contributed by atoms with Crippen molar-refractivity contribution in [2.24, 2.45) is 34.2 Å². The number of nitrogens with two attached hydrogens (primary N) is 2. The molecule has 2 rings (SSSR count). The Hall–Kier alpha value is -6.95. The average Bonchev–Trinajstić information content (AvgIpc) is 3.32. The standard InChI is InChI=1S/C48H72N10O13S/c1-26(24-27(2)37(71-8)25-32-14-11-10-12-15-32)17-18-33-28(3)40(60)56-36(46(66)67)19-20-38(59)58(7)31(6)43(63)52-30(5)42(62)55-35(21-23-72(9)70)45(65)57-39(47(68)69)29(4)41(61)54-34(44(64)53-33)16-13-22-51-48(49)50/h10-12,14-15,17-18,24,27-30,33-37,39H,6,13,16,19-23,25H2,1-5,7-9H3,(H,52,63)(H,53,64)(H,54,61)(H,55,62)(H,56,60)(H,57,65)(H,66,67)(H,68,69)(H4,49,50,51)/b18-17+,26-24+/t27-,28-,29-,30+,33?,34?,35-,36+,37-,39?,72?/m0/s1. The van der Waals surface area contributed by atoms with Gasteiger partial charge in [-0.1, -0.05) is 81.5 Å². The molecule has 1 aliphatic rings. The molecule has 0 aliphatic carbocycles. The Balaban J connectivity index is 2.74. The zero-order valence-electron chi connectivity index (χ0n) is 42.1. The molecule has 7 amide bonds. The SMILES string of the molecule is C=C1C(=O)N[C@H](C)C(=O)N[C@@H](CCS(C)=O)C(=O)NC(C(=O)O)[C@H](C)C(=O)NC(CCCN=C(N)N)C(=O)NC(/C=C/C(C)=C/[C@H](C)[C@H](Cc2ccccc2)OC)[C@H](C)C(=O)N[C@@H](C(=O)O)CCC(=O)N1C. The topological polar surface area (TPSA) is 360 Å². The minimum absolute atomic E-state index is 0.00331. The van der Waals surface area contributed by atoms with E-state index in [0.29, 0.717) is 12.0 Å². The zero-order chi connectivity index (χ0) is 54.4. The maximum absolute atomic E-state index is 14.4. The van der Waals surface area contributed by atoms with Crippen molar-refractivity contribution in [3.05, 3.63) is 72.0 Å². The largest absolute Gasteiger partial charge is 0.480 e. The third-order valence-electron chi connectivity index (χ3n) is 11.9. The monoisotopic (exact) mass is 1030 g/mol. The number of methoxy groups -OCH3 is 1. The number of carbonyl (C=O) groups excluding carboxylic acids is 7. The zero-order valence-corrected chi connectivity index (χ0v) is 42.9. The van der Waals surface area contributed by atoms with Gasteiger partial charge in [0.1, 0.15) is 35.9 Å². The van der Waals surface area contributed by atoms with Crippen LogP contribution in [0.4, 0.5) is 0 Å². The summed E-state index contributed by atoms with van der Waals surface area (Å²) in [5, 5.41) is 35.2. The molecule has 12 N–H and O–H groups in total. The first-order valence-electron chi connectivity index (χ1n) is 23.3. The number of amides is 7. The smallest absolute Gasteiger partial charge is 0.327 e. The van der Waals surface area contributed by atoms with Gasteiger partial charge < -0.3 is 63.2 Å². The number of nitrogens with zero attached hydrogens (tertiary/aromatic N) is 2. The second kappa shape index (κ2) is 30.0. The molecule has 1 aromatic carbocycles. The summed E-state index contributed by atoms with van der Waals surface area (Å²) in [7, 11) is 1.29. The van der Waals surface area contributed by atoms with Crippen molar-refractivity contribution in [2.45, 2.75) is 115 Å². The highest BCUT2D eigenvalue weighted by Gasteiger charge is 2.37. The number of carboxylic acids is 2. The van der Waals surface area contributed by atoms with Gasteiger partial charge in [0.25, 0.3) is 5.91 Å². The van der Waals surface area contributed by atoms with Gasteiger partial charge in [0.05, 0.1) is 24.0 Å². The van der Waals surface area contributed by atoms with Crippen molar-refractivity contribution in [2.75, 3.05) is 32.7 Å². The van der Waals surface area contributed by atoms with Crippen LogP contribution in [0.25, 0.3) is 0 Å². The lowest BCUT2D eigenvalue weighted by molar-refractivity contribution is -0.146. The fourth-order valence-electron chi connectivity index (χ4n) is 7.31. The Labute approximate surface area is 422 Å². The Bertz CT molecular complexity index is 2240. The summed E-state index contributed by atoms with van der Waals surface area (Å²) in [6, 6.07) is 0.558. The second-order valence-electron chi connectivity index (χ2n) is 17.7. The predicted octanol–water partition coefficient (Wildman–Crippen LogP) is -0.659. The van der Waals surface area contributed by atoms with E-state index in [1.54, 1.807) is 20.1 Å². The molecule has 1 saturated heterocycles. The molecule has 11 atom stereocenters. The highest BCUT2D eigenvalue weighted by molar-refractivity contribution is 7.84. The number of hydrogen-bond donors (Lipinski definition) is 10. The summed E-state index contributed by atoms with van der Waals surface area (Å²) in [6.45, 7) is 11.2. The molecular weight excluding hydrogens is 957 g/mol. The van der Waals surface area contributed by atoms with E-state index in [1.807, 2.05) is 43.3 Å². The summed E-state index contributed by atoms with van der Waals surface area (Å²) in [5.41, 5.74) is 12.3. The van der Waals surface area contributed by atoms with E-state index < -0.39 is 131 Å². The minimum atomic E-state index is -1.96. The highest BCUT2D eigenvalue weighted by atomic mass is 32.2. The van der Waals surface area contributed by atoms with Gasteiger partial charge in [0.15, 0.2) is 5.96 Å². The van der Waals surface area contributed by atoms with Crippen LogP contribution in [0.3, 0.4) is 0 Å². The van der Waals surface area contributed by atoms with Crippen LogP contribution in [0.2, 0.25) is 0 Å². The summed E-state index contributed by atoms with van der Waals surface area (Å²) in [6.07, 6.45) is 5.54. The number of guanidine groups is 1. The third kappa shape index (κ3) is 20.4. The first kappa shape index (κ1) is 61.2. The third-order valence-corrected chi connectivity index (χ3v) is 12.8. The Morgan fingerprint density at radius 1 is 0.875 bits per heavy atom. The summed E-state index contributed by atoms with van der Waals surface area (Å²) < 4.78 is 17.9. The Morgan fingerprint density at radius 2 is 1.47 bits per heavy atom. The lowest BCUT2D eigenvalue weighted by Crippen LogP contribution is -2.59. The number of aliphatic imine (C=N–C) groups is 1. The van der Waals surface area contributed by atoms with Crippen LogP contribution in [-0.2, 0) is 65.1 Å². The molecule has 23 nitrogen and oxygen atoms in total. The number of benzene rings is 1. The van der Waals surface area contributed by atoms with Crippen molar-refractivity contribution >= 4 is 70.0 Å². The van der Waals surface area contributed by atoms with Gasteiger partial charge >= 0.3 is 11.9 Å². The maximum atomic E-state index is 14.4. The van der Waals surface area contributed by atoms with Gasteiger partial charge in [-0.15, -0.1) is 0 Å². The molecular formula is C48H72N10O13S. The summed E-state index contributed by atoms with van der Waals surface area (Å²) >= 11 is 0. The molecule has 398 valence electrons. The van der Waals surface area contributed by atoms with E-state index in [9.17, 15) is 57.6 Å². The summed E-state index contributed by atoms with van der Waals surface area (Å²) in [5.74, 6) is -13.0. The molecule has 0 spiro atoms. The molecule has 0 radical (unpaired) electrons. The van der Waals surface area contributed by atoms with Gasteiger partial charge in [0.2, 0.25) is 35.4 Å². The lowest BCUT2D eigenvalue weighted by atomic mass is 9.94. The van der Waals surface area contributed by atoms with Crippen LogP contribution in [-0.4, -0.2) is 154 Å². The molecule has 4 unspecified atom stereocenters. The van der Waals surface area contributed by atoms with Crippen molar-refractivity contribution in [1.82, 2.24) is 36.8 Å². The fourth-order valence-corrected chi connectivity index (χ4v) is 7.87. The predicted molar refractivity (Wildman–Crippen MR) is 268 cm³/mol. The molecule has 1 fully saturated rings. The number of nitrogens with one attached hydrogen (secondary N) is 6. The van der Waals surface area contributed by atoms with Crippen molar-refractivity contribution in [1.29, 1.82) is 0 Å². The quantitative estimate of drug-likeness (QED) is 0.0323. The van der Waals surface area contributed by atoms with Crippen LogP contribution in [0.5, 0.6) is 0 Å². The lowest BCUT2D eigenvalue weighted by Gasteiger charge is -2.28. The number of likely N-dealkylation sites (N-methyl/N-ethyl adjacent to an activating group) is 1. The number of aliphatic carboxylic acids is 2. The molecule has 72 heavy (non-hydrogen) atoms. The second-order valence-corrected chi connectivity index (χ2v) is 19.3. The first-order chi connectivity index (χ1) is 33.8. The Kier molecular flexibility index (Phi) is 25.5. The van der Waals surface area contributed by atoms with E-state index >= 15 is 0 Å². The van der Waals surface area contributed by atoms with E-state index in [4.69, 9.17) is 16.2 Å². The summed E-state index contributed by atoms with van der Waals surface area (Å²) in [4.78, 5) is 126. The Morgan fingerprint density at radius 3 is 2.06 bits per heavy atom. The molecule has 1 aromatic rings. The van der Waals surface area contributed by atoms with Crippen molar-refractivity contribution in [3.63, 3.8) is 0 Å². The molecule has 24 heteroatoms. The number of ether oxygens (including phenoxy) is 1. The van der Waals surface area contributed by atoms with E-state index in [1.165, 1.54) is 40.2 Å². The van der Waals surface area contributed by atoms with E-state index in [-0.39, 0.29) is 49.5 Å². The van der Waals surface area contributed by atoms with Crippen LogP contribution in [0.15, 0.2) is 71.4 Å². The van der Waals surface area contributed by atoms with Crippen molar-refractivity contribution in [3.8, 4) is 0 Å². The number of hydrogen-bond acceptors (Lipinski definition) is 12. The molecule has 0 aromatic heterocycles. The highest BCUT2D eigenvalue weighted by Crippen LogP contribution is 2.19. The number of allylic oxidation sites excluding steroid dienone is 2. The molecule has 0 saturated carbocycles. The van der Waals surface area contributed by atoms with Gasteiger partial charge in [-0.2, -0.15) is 0 Å². The molecule has 0 bridgehead atoms.